The second-order valence-corrected chi connectivity index (χ2v) is 6.24. The molecule has 3 atom stereocenters. The molecule has 0 radical (unpaired) electrons. The smallest absolute Gasteiger partial charge is 0.0900 e. The van der Waals surface area contributed by atoms with Gasteiger partial charge in [-0.3, -0.25) is 9.80 Å². The Kier molecular flexibility index (Phi) is 6.18. The van der Waals surface area contributed by atoms with Gasteiger partial charge in [-0.15, -0.1) is 0 Å². The molecule has 0 amide bonds. The summed E-state index contributed by atoms with van der Waals surface area (Å²) >= 11 is 0. The Morgan fingerprint density at radius 1 is 1.19 bits per heavy atom. The van der Waals surface area contributed by atoms with Gasteiger partial charge in [0.25, 0.3) is 0 Å². The van der Waals surface area contributed by atoms with E-state index < -0.39 is 6.10 Å². The molecule has 21 heavy (non-hydrogen) atoms. The van der Waals surface area contributed by atoms with Gasteiger partial charge in [-0.25, -0.2) is 0 Å². The molecule has 1 aliphatic heterocycles. The molecular formula is C17H28N2O2. The molecular weight excluding hydrogens is 264 g/mol. The van der Waals surface area contributed by atoms with Crippen LogP contribution in [0.5, 0.6) is 0 Å². The van der Waals surface area contributed by atoms with Gasteiger partial charge in [0.1, 0.15) is 0 Å². The minimum atomic E-state index is -0.420. The zero-order chi connectivity index (χ0) is 15.2. The molecule has 1 aromatic carbocycles. The van der Waals surface area contributed by atoms with Crippen molar-refractivity contribution >= 4 is 0 Å². The zero-order valence-electron chi connectivity index (χ0n) is 13.4. The van der Waals surface area contributed by atoms with E-state index in [-0.39, 0.29) is 0 Å². The molecule has 0 saturated carbocycles. The quantitative estimate of drug-likeness (QED) is 0.864. The largest absolute Gasteiger partial charge is 0.389 e. The molecule has 118 valence electrons. The van der Waals surface area contributed by atoms with Gasteiger partial charge in [0.05, 0.1) is 19.3 Å². The molecule has 3 unspecified atom stereocenters. The van der Waals surface area contributed by atoms with Gasteiger partial charge >= 0.3 is 0 Å². The number of piperazine rings is 1. The third-order valence-electron chi connectivity index (χ3n) is 4.33. The van der Waals surface area contributed by atoms with Crippen molar-refractivity contribution < 1.29 is 9.84 Å². The van der Waals surface area contributed by atoms with Crippen LogP contribution in [0.25, 0.3) is 0 Å². The highest BCUT2D eigenvalue weighted by atomic mass is 16.5. The van der Waals surface area contributed by atoms with E-state index in [4.69, 9.17) is 4.74 Å². The summed E-state index contributed by atoms with van der Waals surface area (Å²) in [5.41, 5.74) is 1.14. The topological polar surface area (TPSA) is 35.9 Å². The predicted molar refractivity (Wildman–Crippen MR) is 85.2 cm³/mol. The van der Waals surface area contributed by atoms with Gasteiger partial charge in [0, 0.05) is 31.7 Å². The van der Waals surface area contributed by atoms with Crippen molar-refractivity contribution in [1.82, 2.24) is 9.80 Å². The number of β-amino-alcohol motifs (C(OH)–C–C–N with tert-alkyl or cyclic N) is 1. The summed E-state index contributed by atoms with van der Waals surface area (Å²) in [4.78, 5) is 4.74. The number of nitrogens with zero attached hydrogens (tertiary/aromatic N) is 2. The van der Waals surface area contributed by atoms with Crippen LogP contribution in [0.3, 0.4) is 0 Å². The third kappa shape index (κ3) is 5.08. The lowest BCUT2D eigenvalue weighted by Crippen LogP contribution is -2.56. The van der Waals surface area contributed by atoms with E-state index in [0.29, 0.717) is 31.8 Å². The first-order valence-corrected chi connectivity index (χ1v) is 7.80. The Morgan fingerprint density at radius 3 is 2.43 bits per heavy atom. The number of rotatable bonds is 6. The summed E-state index contributed by atoms with van der Waals surface area (Å²) in [6, 6.07) is 11.1. The molecule has 4 nitrogen and oxygen atoms in total. The van der Waals surface area contributed by atoms with Crippen LogP contribution in [0.2, 0.25) is 0 Å². The van der Waals surface area contributed by atoms with Crippen molar-refractivity contribution in [1.29, 1.82) is 0 Å². The highest BCUT2D eigenvalue weighted by Gasteiger charge is 2.27. The lowest BCUT2D eigenvalue weighted by molar-refractivity contribution is -0.0128. The van der Waals surface area contributed by atoms with Crippen LogP contribution >= 0.6 is 0 Å². The Bertz CT molecular complexity index is 401. The first-order chi connectivity index (χ1) is 10.1. The second kappa shape index (κ2) is 7.90. The summed E-state index contributed by atoms with van der Waals surface area (Å²) < 4.78 is 5.61. The Balaban J connectivity index is 1.68. The summed E-state index contributed by atoms with van der Waals surface area (Å²) in [6.07, 6.45) is -0.420. The zero-order valence-corrected chi connectivity index (χ0v) is 13.4. The van der Waals surface area contributed by atoms with Crippen molar-refractivity contribution in [2.24, 2.45) is 0 Å². The van der Waals surface area contributed by atoms with E-state index >= 15 is 0 Å². The maximum absolute atomic E-state index is 10.1. The third-order valence-corrected chi connectivity index (χ3v) is 4.33. The van der Waals surface area contributed by atoms with Crippen molar-refractivity contribution in [2.45, 2.75) is 38.6 Å². The number of hydrogen-bond donors (Lipinski definition) is 1. The Labute approximate surface area is 128 Å². The van der Waals surface area contributed by atoms with Gasteiger partial charge in [-0.1, -0.05) is 30.3 Å². The number of aliphatic hydroxyl groups excluding tert-OH is 1. The van der Waals surface area contributed by atoms with Gasteiger partial charge < -0.3 is 9.84 Å². The van der Waals surface area contributed by atoms with E-state index in [9.17, 15) is 5.11 Å². The molecule has 0 aromatic heterocycles. The number of benzene rings is 1. The minimum Gasteiger partial charge on any atom is -0.389 e. The molecule has 1 heterocycles. The molecule has 4 heteroatoms. The van der Waals surface area contributed by atoms with Crippen LogP contribution in [0.15, 0.2) is 30.3 Å². The molecule has 1 fully saturated rings. The predicted octanol–water partition coefficient (Wildman–Crippen LogP) is 1.59. The van der Waals surface area contributed by atoms with Crippen molar-refractivity contribution in [2.75, 3.05) is 33.3 Å². The normalized spacial score (nSPS) is 25.9. The SMILES string of the molecule is CC1CN(CC(O)COCc2ccccc2)CC(C)N1C. The van der Waals surface area contributed by atoms with Gasteiger partial charge in [-0.05, 0) is 26.5 Å². The van der Waals surface area contributed by atoms with E-state index in [1.165, 1.54) is 0 Å². The van der Waals surface area contributed by atoms with E-state index in [1.807, 2.05) is 30.3 Å². The average molecular weight is 292 g/mol. The highest BCUT2D eigenvalue weighted by molar-refractivity contribution is 5.13. The lowest BCUT2D eigenvalue weighted by Gasteiger charge is -2.43. The summed E-state index contributed by atoms with van der Waals surface area (Å²) in [6.45, 7) is 8.14. The van der Waals surface area contributed by atoms with Crippen molar-refractivity contribution in [3.63, 3.8) is 0 Å². The summed E-state index contributed by atoms with van der Waals surface area (Å²) in [7, 11) is 2.17. The van der Waals surface area contributed by atoms with Crippen molar-refractivity contribution in [3.05, 3.63) is 35.9 Å². The highest BCUT2D eigenvalue weighted by Crippen LogP contribution is 2.13. The summed E-state index contributed by atoms with van der Waals surface area (Å²) in [5, 5.41) is 10.1. The fourth-order valence-corrected chi connectivity index (χ4v) is 2.90. The molecule has 1 saturated heterocycles. The minimum absolute atomic E-state index is 0.393. The average Bonchev–Trinajstić information content (AvgIpc) is 2.46. The first kappa shape index (κ1) is 16.4. The van der Waals surface area contributed by atoms with E-state index in [1.54, 1.807) is 0 Å². The Hall–Kier alpha value is -0.940. The number of ether oxygens (including phenoxy) is 1. The molecule has 1 N–H and O–H groups in total. The lowest BCUT2D eigenvalue weighted by atomic mass is 10.1. The molecule has 2 rings (SSSR count). The van der Waals surface area contributed by atoms with Crippen LogP contribution in [-0.4, -0.2) is 66.4 Å². The van der Waals surface area contributed by atoms with Crippen LogP contribution in [0.1, 0.15) is 19.4 Å². The molecule has 0 bridgehead atoms. The summed E-state index contributed by atoms with van der Waals surface area (Å²) in [5.74, 6) is 0. The molecule has 0 aliphatic carbocycles. The molecule has 1 aliphatic rings. The first-order valence-electron chi connectivity index (χ1n) is 7.80. The maximum atomic E-state index is 10.1. The van der Waals surface area contributed by atoms with Crippen LogP contribution < -0.4 is 0 Å². The number of aliphatic hydroxyl groups is 1. The van der Waals surface area contributed by atoms with Gasteiger partial charge in [0.2, 0.25) is 0 Å². The van der Waals surface area contributed by atoms with E-state index in [0.717, 1.165) is 18.7 Å². The van der Waals surface area contributed by atoms with Crippen molar-refractivity contribution in [3.8, 4) is 0 Å². The van der Waals surface area contributed by atoms with Crippen LogP contribution in [-0.2, 0) is 11.3 Å². The standard InChI is InChI=1S/C17H28N2O2/c1-14-9-19(10-15(2)18(14)3)11-17(20)13-21-12-16-7-5-4-6-8-16/h4-8,14-15,17,20H,9-13H2,1-3H3. The Morgan fingerprint density at radius 2 is 1.81 bits per heavy atom. The second-order valence-electron chi connectivity index (χ2n) is 6.24. The maximum Gasteiger partial charge on any atom is 0.0900 e. The molecule has 0 spiro atoms. The molecule has 1 aromatic rings. The fourth-order valence-electron chi connectivity index (χ4n) is 2.90. The number of hydrogen-bond acceptors (Lipinski definition) is 4. The fraction of sp³-hybridized carbons (Fsp3) is 0.647. The van der Waals surface area contributed by atoms with Gasteiger partial charge in [-0.2, -0.15) is 0 Å². The monoisotopic (exact) mass is 292 g/mol. The van der Waals surface area contributed by atoms with Gasteiger partial charge in [0.15, 0.2) is 0 Å². The van der Waals surface area contributed by atoms with Crippen LogP contribution in [0, 0.1) is 0 Å². The van der Waals surface area contributed by atoms with Crippen LogP contribution in [0.4, 0.5) is 0 Å². The van der Waals surface area contributed by atoms with E-state index in [2.05, 4.69) is 30.7 Å². The number of likely N-dealkylation sites (N-methyl/N-ethyl adjacent to an activating group) is 1.